The maximum absolute atomic E-state index is 12.0. The van der Waals surface area contributed by atoms with Gasteiger partial charge in [-0.1, -0.05) is 13.0 Å². The topological polar surface area (TPSA) is 82.6 Å². The molecular formula is C15H24N4O3S. The molecule has 7 nitrogen and oxygen atoms in total. The van der Waals surface area contributed by atoms with Crippen LogP contribution in [-0.4, -0.2) is 73.5 Å². The highest BCUT2D eigenvalue weighted by atomic mass is 32.2. The Kier molecular flexibility index (Phi) is 6.49. The van der Waals surface area contributed by atoms with E-state index in [0.717, 1.165) is 0 Å². The number of carbonyl (C=O) groups excluding carboxylic acids is 1. The Morgan fingerprint density at radius 1 is 1.26 bits per heavy atom. The van der Waals surface area contributed by atoms with E-state index in [1.807, 2.05) is 6.92 Å². The van der Waals surface area contributed by atoms with Crippen molar-refractivity contribution in [2.24, 2.45) is 0 Å². The molecule has 1 aromatic rings. The summed E-state index contributed by atoms with van der Waals surface area (Å²) in [7, 11) is -3.10. The van der Waals surface area contributed by atoms with Gasteiger partial charge in [-0.3, -0.25) is 14.7 Å². The second-order valence-electron chi connectivity index (χ2n) is 5.53. The number of rotatable bonds is 7. The number of aromatic nitrogens is 1. The molecule has 1 amide bonds. The molecule has 0 aliphatic carbocycles. The highest BCUT2D eigenvalue weighted by molar-refractivity contribution is 7.89. The molecule has 1 fully saturated rings. The predicted molar refractivity (Wildman–Crippen MR) is 88.7 cm³/mol. The van der Waals surface area contributed by atoms with Crippen LogP contribution in [0.15, 0.2) is 24.4 Å². The van der Waals surface area contributed by atoms with Crippen LogP contribution in [0.5, 0.6) is 0 Å². The second kappa shape index (κ2) is 8.37. The van der Waals surface area contributed by atoms with Crippen molar-refractivity contribution in [2.75, 3.05) is 45.0 Å². The van der Waals surface area contributed by atoms with Crippen LogP contribution in [0.3, 0.4) is 0 Å². The molecule has 1 aromatic heterocycles. The molecule has 0 saturated carbocycles. The molecule has 0 aromatic carbocycles. The van der Waals surface area contributed by atoms with Crippen LogP contribution in [0.25, 0.3) is 0 Å². The van der Waals surface area contributed by atoms with Crippen LogP contribution >= 0.6 is 0 Å². The third kappa shape index (κ3) is 5.26. The van der Waals surface area contributed by atoms with Gasteiger partial charge in [-0.25, -0.2) is 8.42 Å². The fourth-order valence-electron chi connectivity index (χ4n) is 2.53. The molecule has 1 aliphatic rings. The summed E-state index contributed by atoms with van der Waals surface area (Å²) in [6, 6.07) is 5.22. The van der Waals surface area contributed by atoms with Gasteiger partial charge in [0.05, 0.1) is 5.75 Å². The van der Waals surface area contributed by atoms with Gasteiger partial charge < -0.3 is 5.32 Å². The third-order valence-electron chi connectivity index (χ3n) is 3.80. The minimum absolute atomic E-state index is 0.185. The van der Waals surface area contributed by atoms with Gasteiger partial charge in [0, 0.05) is 45.5 Å². The predicted octanol–water partition coefficient (Wildman–Crippen LogP) is 0.169. The third-order valence-corrected chi connectivity index (χ3v) is 5.87. The van der Waals surface area contributed by atoms with Gasteiger partial charge in [0.1, 0.15) is 5.69 Å². The molecule has 2 rings (SSSR count). The lowest BCUT2D eigenvalue weighted by molar-refractivity contribution is 0.0940. The van der Waals surface area contributed by atoms with E-state index in [2.05, 4.69) is 15.2 Å². The molecule has 1 saturated heterocycles. The van der Waals surface area contributed by atoms with Crippen LogP contribution < -0.4 is 5.32 Å². The molecule has 0 radical (unpaired) electrons. The smallest absolute Gasteiger partial charge is 0.269 e. The van der Waals surface area contributed by atoms with Crippen molar-refractivity contribution < 1.29 is 13.2 Å². The zero-order valence-electron chi connectivity index (χ0n) is 13.4. The number of hydrogen-bond donors (Lipinski definition) is 1. The van der Waals surface area contributed by atoms with E-state index in [1.165, 1.54) is 0 Å². The number of nitrogens with one attached hydrogen (secondary N) is 1. The summed E-state index contributed by atoms with van der Waals surface area (Å²) in [6.07, 6.45) is 2.23. The first-order valence-corrected chi connectivity index (χ1v) is 9.53. The highest BCUT2D eigenvalue weighted by Crippen LogP contribution is 2.08. The Hall–Kier alpha value is -1.51. The van der Waals surface area contributed by atoms with E-state index < -0.39 is 10.0 Å². The lowest BCUT2D eigenvalue weighted by atomic mass is 10.3. The number of amides is 1. The van der Waals surface area contributed by atoms with Crippen molar-refractivity contribution in [1.29, 1.82) is 0 Å². The van der Waals surface area contributed by atoms with E-state index in [0.29, 0.717) is 51.4 Å². The minimum atomic E-state index is -3.10. The summed E-state index contributed by atoms with van der Waals surface area (Å²) in [5.74, 6) is 0.0300. The van der Waals surface area contributed by atoms with Gasteiger partial charge in [0.2, 0.25) is 10.0 Å². The first-order valence-electron chi connectivity index (χ1n) is 7.92. The van der Waals surface area contributed by atoms with Gasteiger partial charge in [0.15, 0.2) is 0 Å². The number of pyridine rings is 1. The maximum Gasteiger partial charge on any atom is 0.269 e. The number of carbonyl (C=O) groups is 1. The van der Waals surface area contributed by atoms with Crippen molar-refractivity contribution in [2.45, 2.75) is 13.3 Å². The lowest BCUT2D eigenvalue weighted by Gasteiger charge is -2.33. The average molecular weight is 340 g/mol. The number of sulfonamides is 1. The maximum atomic E-state index is 12.0. The van der Waals surface area contributed by atoms with Crippen LogP contribution in [0.2, 0.25) is 0 Å². The molecule has 2 heterocycles. The van der Waals surface area contributed by atoms with Gasteiger partial charge >= 0.3 is 0 Å². The Morgan fingerprint density at radius 3 is 2.61 bits per heavy atom. The first kappa shape index (κ1) is 17.8. The largest absolute Gasteiger partial charge is 0.349 e. The minimum Gasteiger partial charge on any atom is -0.349 e. The van der Waals surface area contributed by atoms with Crippen molar-refractivity contribution in [3.63, 3.8) is 0 Å². The summed E-state index contributed by atoms with van der Waals surface area (Å²) in [5.41, 5.74) is 0.406. The van der Waals surface area contributed by atoms with E-state index in [-0.39, 0.29) is 11.7 Å². The standard InChI is InChI=1S/C15H24N4O3S/c1-2-13-23(21,22)19-11-9-18(10-12-19)8-7-17-15(20)14-5-3-4-6-16-14/h3-6H,2,7-13H2,1H3,(H,17,20). The molecule has 23 heavy (non-hydrogen) atoms. The second-order valence-corrected chi connectivity index (χ2v) is 7.62. The molecule has 0 atom stereocenters. The SMILES string of the molecule is CCCS(=O)(=O)N1CCN(CCNC(=O)c2ccccn2)CC1. The van der Waals surface area contributed by atoms with Crippen molar-refractivity contribution in [3.8, 4) is 0 Å². The highest BCUT2D eigenvalue weighted by Gasteiger charge is 2.25. The van der Waals surface area contributed by atoms with E-state index in [4.69, 9.17) is 0 Å². The first-order chi connectivity index (χ1) is 11.0. The van der Waals surface area contributed by atoms with Crippen molar-refractivity contribution in [3.05, 3.63) is 30.1 Å². The van der Waals surface area contributed by atoms with Crippen LogP contribution in [-0.2, 0) is 10.0 Å². The normalized spacial score (nSPS) is 17.1. The number of piperazine rings is 1. The zero-order valence-corrected chi connectivity index (χ0v) is 14.3. The number of nitrogens with zero attached hydrogens (tertiary/aromatic N) is 3. The van der Waals surface area contributed by atoms with Crippen LogP contribution in [0, 0.1) is 0 Å². The molecule has 128 valence electrons. The zero-order chi connectivity index (χ0) is 16.7. The summed E-state index contributed by atoms with van der Waals surface area (Å²) in [5, 5.41) is 2.83. The molecule has 0 bridgehead atoms. The molecule has 1 aliphatic heterocycles. The van der Waals surface area contributed by atoms with E-state index in [9.17, 15) is 13.2 Å². The Morgan fingerprint density at radius 2 is 2.00 bits per heavy atom. The van der Waals surface area contributed by atoms with Gasteiger partial charge in [-0.2, -0.15) is 4.31 Å². The summed E-state index contributed by atoms with van der Waals surface area (Å²) in [6.45, 7) is 5.55. The van der Waals surface area contributed by atoms with Crippen LogP contribution in [0.1, 0.15) is 23.8 Å². The van der Waals surface area contributed by atoms with E-state index in [1.54, 1.807) is 28.7 Å². The molecule has 1 N–H and O–H groups in total. The Balaban J connectivity index is 1.70. The summed E-state index contributed by atoms with van der Waals surface area (Å²) >= 11 is 0. The molecule has 0 unspecified atom stereocenters. The Bertz CT molecular complexity index is 598. The fraction of sp³-hybridized carbons (Fsp3) is 0.600. The van der Waals surface area contributed by atoms with Gasteiger partial charge in [0.25, 0.3) is 5.91 Å². The van der Waals surface area contributed by atoms with Crippen LogP contribution in [0.4, 0.5) is 0 Å². The van der Waals surface area contributed by atoms with Crippen molar-refractivity contribution >= 4 is 15.9 Å². The quantitative estimate of drug-likeness (QED) is 0.765. The molecule has 0 spiro atoms. The van der Waals surface area contributed by atoms with Crippen molar-refractivity contribution in [1.82, 2.24) is 19.5 Å². The molecule has 8 heteroatoms. The van der Waals surface area contributed by atoms with Gasteiger partial charge in [-0.15, -0.1) is 0 Å². The lowest BCUT2D eigenvalue weighted by Crippen LogP contribution is -2.50. The van der Waals surface area contributed by atoms with E-state index >= 15 is 0 Å². The summed E-state index contributed by atoms with van der Waals surface area (Å²) < 4.78 is 25.6. The average Bonchev–Trinajstić information content (AvgIpc) is 2.56. The monoisotopic (exact) mass is 340 g/mol. The molecular weight excluding hydrogens is 316 g/mol. The Labute approximate surface area is 137 Å². The number of hydrogen-bond acceptors (Lipinski definition) is 5. The fourth-order valence-corrected chi connectivity index (χ4v) is 4.03. The van der Waals surface area contributed by atoms with Gasteiger partial charge in [-0.05, 0) is 18.6 Å². The summed E-state index contributed by atoms with van der Waals surface area (Å²) in [4.78, 5) is 18.0.